The molecule has 2 aliphatic carbocycles. The first kappa shape index (κ1) is 22.1. The minimum Gasteiger partial charge on any atom is -0.386 e. The smallest absolute Gasteiger partial charge is 0.386 e. The minimum absolute atomic E-state index is 0.0100. The van der Waals surface area contributed by atoms with Crippen LogP contribution >= 0.6 is 0 Å². The first-order valence-electron chi connectivity index (χ1n) is 10.9. The second-order valence-corrected chi connectivity index (χ2v) is 9.09. The van der Waals surface area contributed by atoms with Gasteiger partial charge in [-0.1, -0.05) is 0 Å². The Morgan fingerprint density at radius 3 is 2.52 bits per heavy atom. The molecule has 2 saturated carbocycles. The molecule has 4 atom stereocenters. The summed E-state index contributed by atoms with van der Waals surface area (Å²) in [4.78, 5) is 6.19. The summed E-state index contributed by atoms with van der Waals surface area (Å²) in [5, 5.41) is 11.9. The van der Waals surface area contributed by atoms with Crippen molar-refractivity contribution in [1.29, 1.82) is 5.41 Å². The molecule has 170 valence electrons. The van der Waals surface area contributed by atoms with Gasteiger partial charge in [-0.05, 0) is 50.7 Å². The Morgan fingerprint density at radius 2 is 1.94 bits per heavy atom. The van der Waals surface area contributed by atoms with Gasteiger partial charge in [0.1, 0.15) is 5.82 Å². The summed E-state index contributed by atoms with van der Waals surface area (Å²) in [7, 11) is 0. The van der Waals surface area contributed by atoms with Crippen molar-refractivity contribution in [3.05, 3.63) is 35.2 Å². The Morgan fingerprint density at radius 1 is 1.29 bits per heavy atom. The first-order chi connectivity index (χ1) is 14.6. The number of nitrogens with zero attached hydrogens (tertiary/aromatic N) is 2. The quantitative estimate of drug-likeness (QED) is 0.595. The van der Waals surface area contributed by atoms with Gasteiger partial charge in [0.15, 0.2) is 0 Å². The van der Waals surface area contributed by atoms with Crippen LogP contribution in [0, 0.1) is 23.2 Å². The highest BCUT2D eigenvalue weighted by atomic mass is 19.4. The van der Waals surface area contributed by atoms with Gasteiger partial charge in [0, 0.05) is 48.5 Å². The number of pyridine rings is 1. The lowest BCUT2D eigenvalue weighted by molar-refractivity contribution is -0.137. The predicted octanol–water partition coefficient (Wildman–Crippen LogP) is 3.29. The lowest BCUT2D eigenvalue weighted by atomic mass is 10.0. The van der Waals surface area contributed by atoms with Crippen molar-refractivity contribution in [1.82, 2.24) is 15.2 Å². The molecule has 1 saturated heterocycles. The zero-order chi connectivity index (χ0) is 22.3. The first-order valence-corrected chi connectivity index (χ1v) is 10.9. The third-order valence-electron chi connectivity index (χ3n) is 6.63. The van der Waals surface area contributed by atoms with Crippen LogP contribution < -0.4 is 11.1 Å². The summed E-state index contributed by atoms with van der Waals surface area (Å²) in [6.45, 7) is 7.61. The summed E-state index contributed by atoms with van der Waals surface area (Å²) >= 11 is 0. The molecule has 0 amide bonds. The number of nitrogens with two attached hydrogens (primary N) is 1. The number of anilines is 1. The van der Waals surface area contributed by atoms with Crippen molar-refractivity contribution in [2.24, 2.45) is 17.8 Å². The van der Waals surface area contributed by atoms with Crippen molar-refractivity contribution in [3.63, 3.8) is 0 Å². The maximum absolute atomic E-state index is 13.2. The van der Waals surface area contributed by atoms with Crippen LogP contribution in [0.15, 0.2) is 24.0 Å². The summed E-state index contributed by atoms with van der Waals surface area (Å²) in [5.74, 6) is 0.894. The molecule has 9 heteroatoms. The Kier molecular flexibility index (Phi) is 6.00. The molecule has 1 aromatic rings. The Balaban J connectivity index is 1.49. The molecule has 3 fully saturated rings. The molecule has 6 nitrogen and oxygen atoms in total. The minimum atomic E-state index is -4.60. The monoisotopic (exact) mass is 437 g/mol. The van der Waals surface area contributed by atoms with E-state index in [1.807, 2.05) is 13.8 Å². The lowest BCUT2D eigenvalue weighted by Crippen LogP contribution is -2.43. The van der Waals surface area contributed by atoms with Crippen LogP contribution in [0.25, 0.3) is 0 Å². The van der Waals surface area contributed by atoms with Gasteiger partial charge in [-0.15, -0.1) is 0 Å². The number of aromatic nitrogens is 1. The van der Waals surface area contributed by atoms with Gasteiger partial charge in [0.25, 0.3) is 0 Å². The van der Waals surface area contributed by atoms with Gasteiger partial charge in [0.2, 0.25) is 0 Å². The number of allylic oxidation sites excluding steroid dienone is 2. The fraction of sp³-hybridized carbons (Fsp3) is 0.636. The zero-order valence-corrected chi connectivity index (χ0v) is 17.9. The van der Waals surface area contributed by atoms with E-state index in [0.29, 0.717) is 23.8 Å². The molecule has 4 rings (SSSR count). The van der Waals surface area contributed by atoms with E-state index in [0.717, 1.165) is 50.9 Å². The van der Waals surface area contributed by atoms with Crippen molar-refractivity contribution in [3.8, 4) is 0 Å². The lowest BCUT2D eigenvalue weighted by Gasteiger charge is -2.33. The van der Waals surface area contributed by atoms with E-state index in [1.54, 1.807) is 6.08 Å². The fourth-order valence-corrected chi connectivity index (χ4v) is 5.17. The summed E-state index contributed by atoms with van der Waals surface area (Å²) in [6, 6.07) is 1.67. The molecule has 0 aromatic carbocycles. The van der Waals surface area contributed by atoms with E-state index >= 15 is 0 Å². The van der Waals surface area contributed by atoms with Crippen LogP contribution in [0.4, 0.5) is 19.0 Å². The fourth-order valence-electron chi connectivity index (χ4n) is 5.17. The number of hydrogen-bond donors (Lipinski definition) is 3. The van der Waals surface area contributed by atoms with E-state index < -0.39 is 17.6 Å². The molecule has 3 aliphatic rings. The van der Waals surface area contributed by atoms with Gasteiger partial charge < -0.3 is 21.2 Å². The molecule has 1 aromatic heterocycles. The number of nitrogen functional groups attached to an aromatic ring is 1. The van der Waals surface area contributed by atoms with Crippen LogP contribution in [-0.4, -0.2) is 54.0 Å². The number of rotatable bonds is 6. The van der Waals surface area contributed by atoms with Gasteiger partial charge in [-0.2, -0.15) is 13.2 Å². The third-order valence-corrected chi connectivity index (χ3v) is 6.63. The van der Waals surface area contributed by atoms with Crippen LogP contribution in [0.5, 0.6) is 0 Å². The molecular formula is C22H30F3N5O. The number of fused-ring (bicyclic) bond motifs is 1. The SMILES string of the molecule is CC(C)N/C(=C\C(=N)c1cnc(N)c(C(F)(F)F)c1)[C@H]1[C@@H]2C[C@H](N3CCOCC3)C[C@@H]21. The number of morpholine rings is 1. The van der Waals surface area contributed by atoms with E-state index in [4.69, 9.17) is 15.9 Å². The largest absolute Gasteiger partial charge is 0.419 e. The summed E-state index contributed by atoms with van der Waals surface area (Å²) in [6.07, 6.45) is 0.569. The average Bonchev–Trinajstić information content (AvgIpc) is 3.20. The predicted molar refractivity (Wildman–Crippen MR) is 113 cm³/mol. The van der Waals surface area contributed by atoms with E-state index in [9.17, 15) is 13.2 Å². The molecular weight excluding hydrogens is 407 g/mol. The zero-order valence-electron chi connectivity index (χ0n) is 17.9. The van der Waals surface area contributed by atoms with Crippen LogP contribution in [0.2, 0.25) is 0 Å². The molecule has 31 heavy (non-hydrogen) atoms. The summed E-state index contributed by atoms with van der Waals surface area (Å²) in [5.41, 5.74) is 5.46. The second kappa shape index (κ2) is 8.43. The Labute approximate surface area is 180 Å². The van der Waals surface area contributed by atoms with Crippen molar-refractivity contribution >= 4 is 11.5 Å². The van der Waals surface area contributed by atoms with Gasteiger partial charge in [-0.3, -0.25) is 4.90 Å². The van der Waals surface area contributed by atoms with Gasteiger partial charge >= 0.3 is 6.18 Å². The molecule has 0 spiro atoms. The number of hydrogen-bond acceptors (Lipinski definition) is 6. The van der Waals surface area contributed by atoms with Crippen LogP contribution in [0.1, 0.15) is 37.8 Å². The van der Waals surface area contributed by atoms with Crippen molar-refractivity contribution in [2.45, 2.75) is 44.9 Å². The summed E-state index contributed by atoms with van der Waals surface area (Å²) < 4.78 is 45.0. The molecule has 0 bridgehead atoms. The van der Waals surface area contributed by atoms with Crippen molar-refractivity contribution < 1.29 is 17.9 Å². The molecule has 0 radical (unpaired) electrons. The Bertz CT molecular complexity index is 851. The topological polar surface area (TPSA) is 87.3 Å². The maximum atomic E-state index is 13.2. The molecule has 1 aliphatic heterocycles. The highest BCUT2D eigenvalue weighted by molar-refractivity contribution is 6.07. The average molecular weight is 438 g/mol. The second-order valence-electron chi connectivity index (χ2n) is 9.09. The molecule has 4 N–H and O–H groups in total. The Hall–Kier alpha value is -2.13. The molecule has 2 heterocycles. The standard InChI is InChI=1S/C22H30F3N5O/c1-12(2)29-19(10-18(26)13-7-17(22(23,24)25)21(27)28-11-13)20-15-8-14(9-16(15)20)30-3-5-31-6-4-30/h7,10-12,14-16,20,26,29H,3-6,8-9H2,1-2H3,(H2,27,28)/b19-10-,26-18?/t14-,15+,16-,20-. The number of ether oxygens (including phenoxy) is 1. The maximum Gasteiger partial charge on any atom is 0.419 e. The highest BCUT2D eigenvalue weighted by Gasteiger charge is 2.58. The van der Waals surface area contributed by atoms with Crippen LogP contribution in [0.3, 0.4) is 0 Å². The number of halogens is 3. The van der Waals surface area contributed by atoms with Crippen LogP contribution in [-0.2, 0) is 10.9 Å². The van der Waals surface area contributed by atoms with E-state index in [2.05, 4.69) is 15.2 Å². The third kappa shape index (κ3) is 4.72. The van der Waals surface area contributed by atoms with E-state index in [1.165, 1.54) is 6.20 Å². The van der Waals surface area contributed by atoms with Crippen molar-refractivity contribution in [2.75, 3.05) is 32.0 Å². The normalized spacial score (nSPS) is 29.2. The van der Waals surface area contributed by atoms with E-state index in [-0.39, 0.29) is 17.3 Å². The van der Waals surface area contributed by atoms with Gasteiger partial charge in [-0.25, -0.2) is 4.98 Å². The highest BCUT2D eigenvalue weighted by Crippen LogP contribution is 2.61. The van der Waals surface area contributed by atoms with Gasteiger partial charge in [0.05, 0.1) is 24.5 Å². The molecule has 0 unspecified atom stereocenters. The number of alkyl halides is 3. The number of nitrogens with one attached hydrogen (secondary N) is 2.